The average Bonchev–Trinajstić information content (AvgIpc) is 2.35. The van der Waals surface area contributed by atoms with Crippen molar-refractivity contribution in [2.24, 2.45) is 5.73 Å². The Bertz CT molecular complexity index is 363. The summed E-state index contributed by atoms with van der Waals surface area (Å²) in [5.41, 5.74) is 6.90. The van der Waals surface area contributed by atoms with Gasteiger partial charge in [-0.15, -0.1) is 0 Å². The fourth-order valence-electron chi connectivity index (χ4n) is 2.12. The molecular weight excluding hydrogens is 248 g/mol. The quantitative estimate of drug-likeness (QED) is 0.717. The Morgan fingerprint density at radius 1 is 1.33 bits per heavy atom. The third-order valence-corrected chi connectivity index (χ3v) is 3.45. The maximum Gasteiger partial charge on any atom is 0.170 e. The Morgan fingerprint density at radius 2 is 2.06 bits per heavy atom. The van der Waals surface area contributed by atoms with Crippen LogP contribution in [0.3, 0.4) is 0 Å². The van der Waals surface area contributed by atoms with Crippen molar-refractivity contribution in [1.82, 2.24) is 4.31 Å². The number of hydrogen-bond donors (Lipinski definition) is 3. The fourth-order valence-corrected chi connectivity index (χ4v) is 2.46. The molecule has 3 atom stereocenters. The van der Waals surface area contributed by atoms with E-state index >= 15 is 0 Å². The molecule has 3 N–H and O–H groups in total. The van der Waals surface area contributed by atoms with E-state index in [2.05, 4.69) is 24.9 Å². The summed E-state index contributed by atoms with van der Waals surface area (Å²) in [6.07, 6.45) is 0.811. The summed E-state index contributed by atoms with van der Waals surface area (Å²) < 4.78 is 7.35. The third kappa shape index (κ3) is 3.96. The largest absolute Gasteiger partial charge is 0.367 e. The van der Waals surface area contributed by atoms with E-state index in [-0.39, 0.29) is 12.1 Å². The molecule has 1 aromatic carbocycles. The molecule has 0 bridgehead atoms. The number of benzene rings is 1. The van der Waals surface area contributed by atoms with Crippen molar-refractivity contribution in [2.75, 3.05) is 6.54 Å². The highest BCUT2D eigenvalue weighted by molar-refractivity contribution is 7.77. The van der Waals surface area contributed by atoms with Crippen LogP contribution in [0.1, 0.15) is 18.4 Å². The number of nitrogens with two attached hydrogens (primary N) is 1. The molecule has 1 aliphatic rings. The predicted octanol–water partition coefficient (Wildman–Crippen LogP) is 1.16. The van der Waals surface area contributed by atoms with Gasteiger partial charge in [-0.3, -0.25) is 0 Å². The zero-order valence-electron chi connectivity index (χ0n) is 10.3. The van der Waals surface area contributed by atoms with Crippen LogP contribution in [0.25, 0.3) is 0 Å². The highest BCUT2D eigenvalue weighted by Crippen LogP contribution is 2.19. The molecule has 1 heterocycles. The normalized spacial score (nSPS) is 28.6. The zero-order chi connectivity index (χ0) is 13.0. The summed E-state index contributed by atoms with van der Waals surface area (Å²) in [7, 11) is 0. The summed E-state index contributed by atoms with van der Waals surface area (Å²) in [4.78, 5) is 0. The monoisotopic (exact) mass is 268 g/mol. The van der Waals surface area contributed by atoms with Gasteiger partial charge in [0, 0.05) is 13.1 Å². The highest BCUT2D eigenvalue weighted by atomic mass is 32.1. The van der Waals surface area contributed by atoms with Gasteiger partial charge in [-0.1, -0.05) is 43.1 Å². The van der Waals surface area contributed by atoms with E-state index in [1.807, 2.05) is 22.5 Å². The molecule has 4 nitrogen and oxygen atoms in total. The van der Waals surface area contributed by atoms with Gasteiger partial charge in [0.1, 0.15) is 0 Å². The van der Waals surface area contributed by atoms with Crippen LogP contribution in [0, 0.1) is 0 Å². The fraction of sp³-hybridized carbons (Fsp3) is 0.538. The van der Waals surface area contributed by atoms with E-state index in [9.17, 15) is 5.11 Å². The van der Waals surface area contributed by atoms with Gasteiger partial charge in [0.2, 0.25) is 0 Å². The molecule has 2 rings (SSSR count). The van der Waals surface area contributed by atoms with Crippen molar-refractivity contribution in [2.45, 2.75) is 37.8 Å². The SMILES string of the molecule is NC1CCC(CN(S)Cc2ccccc2)OC1O. The van der Waals surface area contributed by atoms with Gasteiger partial charge in [0.25, 0.3) is 0 Å². The first-order valence-corrected chi connectivity index (χ1v) is 6.62. The lowest BCUT2D eigenvalue weighted by Gasteiger charge is -2.33. The van der Waals surface area contributed by atoms with E-state index in [1.54, 1.807) is 0 Å². The van der Waals surface area contributed by atoms with E-state index in [1.165, 1.54) is 5.56 Å². The lowest BCUT2D eigenvalue weighted by Crippen LogP contribution is -2.46. The van der Waals surface area contributed by atoms with E-state index in [4.69, 9.17) is 10.5 Å². The number of thiol groups is 1. The standard InChI is InChI=1S/C13H20N2O2S/c14-12-7-6-11(17-13(12)16)9-15(18)8-10-4-2-1-3-5-10/h1-5,11-13,16,18H,6-9,14H2. The van der Waals surface area contributed by atoms with Gasteiger partial charge < -0.3 is 15.6 Å². The van der Waals surface area contributed by atoms with Crippen molar-refractivity contribution in [3.63, 3.8) is 0 Å². The third-order valence-electron chi connectivity index (χ3n) is 3.14. The second-order valence-electron chi connectivity index (χ2n) is 4.72. The van der Waals surface area contributed by atoms with Crippen molar-refractivity contribution in [3.8, 4) is 0 Å². The maximum atomic E-state index is 9.56. The second kappa shape index (κ2) is 6.54. The first kappa shape index (κ1) is 13.8. The van der Waals surface area contributed by atoms with E-state index < -0.39 is 6.29 Å². The van der Waals surface area contributed by atoms with Crippen LogP contribution in [0.15, 0.2) is 30.3 Å². The topological polar surface area (TPSA) is 58.7 Å². The smallest absolute Gasteiger partial charge is 0.170 e. The summed E-state index contributed by atoms with van der Waals surface area (Å²) in [6, 6.07) is 9.89. The number of nitrogens with zero attached hydrogens (tertiary/aromatic N) is 1. The maximum absolute atomic E-state index is 9.56. The molecule has 1 aliphatic heterocycles. The lowest BCUT2D eigenvalue weighted by molar-refractivity contribution is -0.173. The Kier molecular flexibility index (Phi) is 5.03. The molecule has 0 radical (unpaired) electrons. The lowest BCUT2D eigenvalue weighted by atomic mass is 10.0. The Morgan fingerprint density at radius 3 is 2.72 bits per heavy atom. The molecule has 0 saturated carbocycles. The minimum atomic E-state index is -0.845. The highest BCUT2D eigenvalue weighted by Gasteiger charge is 2.27. The molecule has 3 unspecified atom stereocenters. The number of aliphatic hydroxyl groups is 1. The van der Waals surface area contributed by atoms with Crippen molar-refractivity contribution < 1.29 is 9.84 Å². The van der Waals surface area contributed by atoms with Gasteiger partial charge in [0.05, 0.1) is 12.1 Å². The molecule has 1 fully saturated rings. The summed E-state index contributed by atoms with van der Waals surface area (Å²) in [6.45, 7) is 1.44. The van der Waals surface area contributed by atoms with Crippen molar-refractivity contribution in [3.05, 3.63) is 35.9 Å². The number of rotatable bonds is 4. The summed E-state index contributed by atoms with van der Waals surface area (Å²) in [5.74, 6) is 0. The molecule has 0 aromatic heterocycles. The van der Waals surface area contributed by atoms with Crippen LogP contribution in [-0.2, 0) is 11.3 Å². The van der Waals surface area contributed by atoms with Crippen molar-refractivity contribution >= 4 is 12.8 Å². The van der Waals surface area contributed by atoms with Gasteiger partial charge >= 0.3 is 0 Å². The van der Waals surface area contributed by atoms with Gasteiger partial charge in [-0.25, -0.2) is 4.31 Å². The Hall–Kier alpha value is -0.590. The number of aliphatic hydroxyl groups excluding tert-OH is 1. The van der Waals surface area contributed by atoms with Gasteiger partial charge in [0.15, 0.2) is 6.29 Å². The van der Waals surface area contributed by atoms with E-state index in [0.29, 0.717) is 6.54 Å². The minimum Gasteiger partial charge on any atom is -0.367 e. The second-order valence-corrected chi connectivity index (χ2v) is 5.29. The number of hydrogen-bond acceptors (Lipinski definition) is 5. The average molecular weight is 268 g/mol. The van der Waals surface area contributed by atoms with Crippen LogP contribution in [0.4, 0.5) is 0 Å². The summed E-state index contributed by atoms with van der Waals surface area (Å²) in [5, 5.41) is 9.56. The van der Waals surface area contributed by atoms with Crippen LogP contribution < -0.4 is 5.73 Å². The molecular formula is C13H20N2O2S. The van der Waals surface area contributed by atoms with Crippen LogP contribution in [0.2, 0.25) is 0 Å². The predicted molar refractivity (Wildman–Crippen MR) is 73.9 cm³/mol. The van der Waals surface area contributed by atoms with Crippen molar-refractivity contribution in [1.29, 1.82) is 0 Å². The molecule has 1 aromatic rings. The number of ether oxygens (including phenoxy) is 1. The zero-order valence-corrected chi connectivity index (χ0v) is 11.2. The molecule has 0 aliphatic carbocycles. The molecule has 18 heavy (non-hydrogen) atoms. The van der Waals surface area contributed by atoms with Crippen LogP contribution in [0.5, 0.6) is 0 Å². The molecule has 5 heteroatoms. The molecule has 0 spiro atoms. The Balaban J connectivity index is 1.79. The van der Waals surface area contributed by atoms with Gasteiger partial charge in [-0.2, -0.15) is 0 Å². The van der Waals surface area contributed by atoms with Crippen LogP contribution in [-0.4, -0.2) is 34.4 Å². The molecule has 100 valence electrons. The summed E-state index contributed by atoms with van der Waals surface area (Å²) >= 11 is 4.44. The molecule has 1 saturated heterocycles. The first-order chi connectivity index (χ1) is 8.65. The van der Waals surface area contributed by atoms with Crippen LogP contribution >= 0.6 is 12.8 Å². The minimum absolute atomic E-state index is 0.000937. The van der Waals surface area contributed by atoms with Gasteiger partial charge in [-0.05, 0) is 18.4 Å². The van der Waals surface area contributed by atoms with E-state index in [0.717, 1.165) is 19.4 Å². The Labute approximate surface area is 113 Å². The molecule has 0 amide bonds. The first-order valence-electron chi connectivity index (χ1n) is 6.22.